The minimum Gasteiger partial charge on any atom is -0.464 e. The first-order valence-corrected chi connectivity index (χ1v) is 14.8. The summed E-state index contributed by atoms with van der Waals surface area (Å²) in [6, 6.07) is 0. The number of hydrogen-bond donors (Lipinski definition) is 3. The molecule has 0 aromatic rings. The van der Waals surface area contributed by atoms with Crippen molar-refractivity contribution >= 4 is 11.9 Å². The molecule has 0 aliphatic carbocycles. The topological polar surface area (TPSA) is 132 Å². The molecule has 284 valence electrons. The second-order valence-corrected chi connectivity index (χ2v) is 14.1. The number of carbonyl (C=O) groups excluding carboxylic acids is 2. The van der Waals surface area contributed by atoms with Crippen LogP contribution >= 0.6 is 0 Å². The first-order chi connectivity index (χ1) is 21.1. The van der Waals surface area contributed by atoms with E-state index >= 15 is 0 Å². The number of alkyl halides is 10. The number of rotatable bonds is 8. The van der Waals surface area contributed by atoms with E-state index in [2.05, 4.69) is 9.47 Å². The van der Waals surface area contributed by atoms with Crippen LogP contribution in [0.1, 0.15) is 81.6 Å². The van der Waals surface area contributed by atoms with Crippen LogP contribution in [0.3, 0.4) is 0 Å². The van der Waals surface area contributed by atoms with E-state index in [1.165, 1.54) is 34.6 Å². The molecule has 2 fully saturated rings. The van der Waals surface area contributed by atoms with Crippen molar-refractivity contribution < 1.29 is 87.8 Å². The van der Waals surface area contributed by atoms with Crippen LogP contribution in [-0.4, -0.2) is 95.1 Å². The molecule has 2 rings (SSSR count). The maximum absolute atomic E-state index is 14.4. The molecular formula is C29H44F10O9. The van der Waals surface area contributed by atoms with Crippen molar-refractivity contribution in [1.82, 2.24) is 0 Å². The number of aliphatic hydroxyl groups is 3. The van der Waals surface area contributed by atoms with Crippen LogP contribution in [0.4, 0.5) is 43.9 Å². The molecule has 2 saturated heterocycles. The van der Waals surface area contributed by atoms with E-state index in [4.69, 9.17) is 9.47 Å². The van der Waals surface area contributed by atoms with Crippen molar-refractivity contribution in [3.63, 3.8) is 0 Å². The highest BCUT2D eigenvalue weighted by molar-refractivity contribution is 5.76. The summed E-state index contributed by atoms with van der Waals surface area (Å²) in [5.74, 6) is -21.3. The first kappa shape index (κ1) is 44.1. The normalized spacial score (nSPS) is 32.0. The minimum atomic E-state index is -5.82. The van der Waals surface area contributed by atoms with Crippen LogP contribution in [0.15, 0.2) is 0 Å². The molecule has 19 heteroatoms. The zero-order valence-electron chi connectivity index (χ0n) is 28.0. The summed E-state index contributed by atoms with van der Waals surface area (Å²) < 4.78 is 152. The van der Waals surface area contributed by atoms with Crippen LogP contribution in [0, 0.1) is 21.7 Å². The lowest BCUT2D eigenvalue weighted by molar-refractivity contribution is -0.473. The Labute approximate surface area is 271 Å². The van der Waals surface area contributed by atoms with Crippen LogP contribution in [-0.2, 0) is 28.5 Å². The monoisotopic (exact) mass is 726 g/mol. The summed E-state index contributed by atoms with van der Waals surface area (Å²) in [5.41, 5.74) is -5.69. The van der Waals surface area contributed by atoms with Gasteiger partial charge in [-0.25, -0.2) is 0 Å². The predicted octanol–water partition coefficient (Wildman–Crippen LogP) is 5.92. The molecule has 0 amide bonds. The molecule has 2 aliphatic heterocycles. The van der Waals surface area contributed by atoms with Gasteiger partial charge in [0.1, 0.15) is 12.7 Å². The van der Waals surface area contributed by atoms with Gasteiger partial charge in [-0.05, 0) is 47.0 Å². The fraction of sp³-hybridized carbons (Fsp3) is 0.931. The van der Waals surface area contributed by atoms with E-state index in [1.54, 1.807) is 27.7 Å². The predicted molar refractivity (Wildman–Crippen MR) is 145 cm³/mol. The molecule has 2 aliphatic rings. The van der Waals surface area contributed by atoms with Gasteiger partial charge in [0, 0.05) is 5.41 Å². The Balaban J connectivity index is 0.000000482. The van der Waals surface area contributed by atoms with Gasteiger partial charge in [-0.15, -0.1) is 0 Å². The highest BCUT2D eigenvalue weighted by atomic mass is 19.4. The first-order valence-electron chi connectivity index (χ1n) is 14.8. The molecule has 48 heavy (non-hydrogen) atoms. The molecule has 5 atom stereocenters. The van der Waals surface area contributed by atoms with Crippen LogP contribution < -0.4 is 0 Å². The number of carbonyl (C=O) groups is 2. The van der Waals surface area contributed by atoms with E-state index in [-0.39, 0.29) is 12.8 Å². The number of hydrogen-bond acceptors (Lipinski definition) is 9. The Morgan fingerprint density at radius 3 is 1.54 bits per heavy atom. The van der Waals surface area contributed by atoms with Gasteiger partial charge in [0.25, 0.3) is 0 Å². The van der Waals surface area contributed by atoms with Crippen LogP contribution in [0.25, 0.3) is 0 Å². The Hall–Kier alpha value is -1.96. The number of aliphatic hydroxyl groups excluding tert-OH is 1. The van der Waals surface area contributed by atoms with Crippen molar-refractivity contribution in [2.75, 3.05) is 19.8 Å². The second-order valence-electron chi connectivity index (χ2n) is 14.1. The zero-order valence-corrected chi connectivity index (χ0v) is 28.0. The van der Waals surface area contributed by atoms with E-state index in [9.17, 15) is 68.8 Å². The van der Waals surface area contributed by atoms with Crippen molar-refractivity contribution in [3.05, 3.63) is 0 Å². The summed E-state index contributed by atoms with van der Waals surface area (Å²) in [7, 11) is 0. The molecule has 9 nitrogen and oxygen atoms in total. The summed E-state index contributed by atoms with van der Waals surface area (Å²) in [6.45, 7) is 10.3. The third-order valence-corrected chi connectivity index (χ3v) is 9.15. The smallest absolute Gasteiger partial charge is 0.449 e. The molecular weight excluding hydrogens is 682 g/mol. The average Bonchev–Trinajstić information content (AvgIpc) is 2.95. The maximum Gasteiger partial charge on any atom is 0.449 e. The van der Waals surface area contributed by atoms with Crippen molar-refractivity contribution in [2.24, 2.45) is 21.7 Å². The average molecular weight is 727 g/mol. The lowest BCUT2D eigenvalue weighted by atomic mass is 9.73. The number of halogens is 10. The molecule has 0 saturated carbocycles. The van der Waals surface area contributed by atoms with Crippen molar-refractivity contribution in [1.29, 1.82) is 0 Å². The quantitative estimate of drug-likeness (QED) is 0.206. The molecule has 0 radical (unpaired) electrons. The molecule has 0 aromatic carbocycles. The van der Waals surface area contributed by atoms with Gasteiger partial charge in [-0.3, -0.25) is 9.59 Å². The Morgan fingerprint density at radius 2 is 1.15 bits per heavy atom. The Bertz CT molecular complexity index is 1160. The highest BCUT2D eigenvalue weighted by Gasteiger charge is 2.80. The Morgan fingerprint density at radius 1 is 0.750 bits per heavy atom. The zero-order chi connectivity index (χ0) is 38.4. The standard InChI is InChI=1S/C15H23F5O5.C14H21F5O4/c1-5-11(3,4)10(22)24-7-12(6-2)8-25-14(23,15(18,19)20)13(16,17)9(12)21;1-6-10(2,3)9(20)23-8-11(4,5)7-22-13(21,12(8,15)16)14(17,18)19/h9,21,23H,5-8H2,1-4H3;8,21H,6-7H2,1-5H3. The number of ether oxygens (including phenoxy) is 4. The molecule has 0 spiro atoms. The summed E-state index contributed by atoms with van der Waals surface area (Å²) >= 11 is 0. The molecule has 0 bridgehead atoms. The van der Waals surface area contributed by atoms with Crippen molar-refractivity contribution in [3.8, 4) is 0 Å². The minimum absolute atomic E-state index is 0.241. The van der Waals surface area contributed by atoms with Gasteiger partial charge in [-0.1, -0.05) is 34.6 Å². The van der Waals surface area contributed by atoms with Gasteiger partial charge in [0.05, 0.1) is 29.5 Å². The SMILES string of the molecule is CCC(C)(C)C(=O)OC1C(C)(C)COC(O)(C(F)(F)F)C1(F)F.CCC(C)(C)C(=O)OCC1(CC)COC(O)(C(F)(F)F)C(F)(F)C1O. The maximum atomic E-state index is 14.4. The van der Waals surface area contributed by atoms with Crippen LogP contribution in [0.5, 0.6) is 0 Å². The fourth-order valence-corrected chi connectivity index (χ4v) is 4.38. The largest absolute Gasteiger partial charge is 0.464 e. The van der Waals surface area contributed by atoms with Gasteiger partial charge < -0.3 is 34.3 Å². The van der Waals surface area contributed by atoms with E-state index < -0.39 is 101 Å². The fourth-order valence-electron chi connectivity index (χ4n) is 4.38. The Kier molecular flexibility index (Phi) is 12.5. The van der Waals surface area contributed by atoms with Crippen LogP contribution in [0.2, 0.25) is 0 Å². The summed E-state index contributed by atoms with van der Waals surface area (Å²) in [5, 5.41) is 28.7. The molecule has 0 aromatic heterocycles. The van der Waals surface area contributed by atoms with Gasteiger partial charge in [0.2, 0.25) is 0 Å². The second kappa shape index (κ2) is 13.6. The highest BCUT2D eigenvalue weighted by Crippen LogP contribution is 2.55. The molecule has 3 N–H and O–H groups in total. The lowest BCUT2D eigenvalue weighted by Crippen LogP contribution is -2.73. The third-order valence-electron chi connectivity index (χ3n) is 9.15. The van der Waals surface area contributed by atoms with Crippen molar-refractivity contribution in [2.45, 2.75) is 130 Å². The van der Waals surface area contributed by atoms with Gasteiger partial charge >= 0.3 is 47.7 Å². The van der Waals surface area contributed by atoms with Gasteiger partial charge in [-0.2, -0.15) is 43.9 Å². The number of esters is 2. The third kappa shape index (κ3) is 7.68. The lowest BCUT2D eigenvalue weighted by Gasteiger charge is -2.51. The van der Waals surface area contributed by atoms with E-state index in [0.717, 1.165) is 0 Å². The summed E-state index contributed by atoms with van der Waals surface area (Å²) in [4.78, 5) is 24.0. The molecule has 2 heterocycles. The van der Waals surface area contributed by atoms with E-state index in [1.807, 2.05) is 0 Å². The summed E-state index contributed by atoms with van der Waals surface area (Å²) in [6.07, 6.45) is -16.6. The molecule has 5 unspecified atom stereocenters. The van der Waals surface area contributed by atoms with E-state index in [0.29, 0.717) is 6.42 Å². The van der Waals surface area contributed by atoms with Gasteiger partial charge in [0.15, 0.2) is 6.10 Å².